The number of aryl methyl sites for hydroxylation is 2. The lowest BCUT2D eigenvalue weighted by atomic mass is 10.1. The van der Waals surface area contributed by atoms with Gasteiger partial charge in [-0.05, 0) is 68.5 Å². The lowest BCUT2D eigenvalue weighted by Gasteiger charge is -2.31. The van der Waals surface area contributed by atoms with Gasteiger partial charge in [0, 0.05) is 36.1 Å². The number of benzene rings is 2. The van der Waals surface area contributed by atoms with Crippen LogP contribution < -0.4 is 9.62 Å². The molecule has 36 heavy (non-hydrogen) atoms. The van der Waals surface area contributed by atoms with Crippen LogP contribution >= 0.6 is 23.2 Å². The predicted octanol–water partition coefficient (Wildman–Crippen LogP) is 5.10. The first-order valence-corrected chi connectivity index (χ1v) is 14.6. The van der Waals surface area contributed by atoms with E-state index in [0.717, 1.165) is 17.4 Å². The number of hydrogen-bond acceptors (Lipinski definition) is 4. The highest BCUT2D eigenvalue weighted by Gasteiger charge is 2.29. The first-order valence-electron chi connectivity index (χ1n) is 11.9. The first kappa shape index (κ1) is 29.9. The normalized spacial score (nSPS) is 12.2. The van der Waals surface area contributed by atoms with Crippen LogP contribution in [0.1, 0.15) is 49.8 Å². The maximum Gasteiger partial charge on any atom is 0.242 e. The zero-order valence-electron chi connectivity index (χ0n) is 21.5. The fourth-order valence-corrected chi connectivity index (χ4v) is 5.50. The lowest BCUT2D eigenvalue weighted by molar-refractivity contribution is -0.141. The Morgan fingerprint density at radius 3 is 2.33 bits per heavy atom. The Morgan fingerprint density at radius 1 is 1.06 bits per heavy atom. The van der Waals surface area contributed by atoms with E-state index in [9.17, 15) is 18.0 Å². The molecule has 7 nitrogen and oxygen atoms in total. The van der Waals surface area contributed by atoms with E-state index in [2.05, 4.69) is 5.32 Å². The van der Waals surface area contributed by atoms with Crippen molar-refractivity contribution in [1.29, 1.82) is 0 Å². The Labute approximate surface area is 224 Å². The second-order valence-corrected chi connectivity index (χ2v) is 11.6. The molecule has 0 heterocycles. The molecule has 0 aromatic heterocycles. The standard InChI is InChI=1S/C26H35Cl2N3O4S/c1-6-23(26(33)29-7-2)30(17-20-12-13-21(27)16-22(20)28)25(32)9-8-14-31(36(5,34)35)24-15-18(3)10-11-19(24)4/h10-13,15-16,23H,6-9,14,17H2,1-5H3,(H,29,33)/t23-/m0/s1. The van der Waals surface area contributed by atoms with Crippen LogP contribution in [-0.4, -0.2) is 50.5 Å². The summed E-state index contributed by atoms with van der Waals surface area (Å²) in [6, 6.07) is 9.97. The number of carbonyl (C=O) groups is 2. The van der Waals surface area contributed by atoms with Gasteiger partial charge in [0.25, 0.3) is 0 Å². The second-order valence-electron chi connectivity index (χ2n) is 8.80. The molecule has 0 radical (unpaired) electrons. The monoisotopic (exact) mass is 555 g/mol. The quantitative estimate of drug-likeness (QED) is 0.394. The van der Waals surface area contributed by atoms with Gasteiger partial charge in [-0.2, -0.15) is 0 Å². The van der Waals surface area contributed by atoms with Crippen molar-refractivity contribution in [3.63, 3.8) is 0 Å². The minimum Gasteiger partial charge on any atom is -0.355 e. The first-order chi connectivity index (χ1) is 16.9. The van der Waals surface area contributed by atoms with Crippen molar-refractivity contribution in [2.75, 3.05) is 23.7 Å². The summed E-state index contributed by atoms with van der Waals surface area (Å²) in [7, 11) is -3.56. The van der Waals surface area contributed by atoms with Crippen molar-refractivity contribution >= 4 is 50.7 Å². The third kappa shape index (κ3) is 8.11. The SMILES string of the molecule is CCNC(=O)[C@H](CC)N(Cc1ccc(Cl)cc1Cl)C(=O)CCCN(c1cc(C)ccc1C)S(C)(=O)=O. The fraction of sp³-hybridized carbons (Fsp3) is 0.462. The Kier molecular flexibility index (Phi) is 11.1. The van der Waals surface area contributed by atoms with Gasteiger partial charge >= 0.3 is 0 Å². The summed E-state index contributed by atoms with van der Waals surface area (Å²) in [6.45, 7) is 8.14. The molecule has 0 spiro atoms. The number of hydrogen-bond donors (Lipinski definition) is 1. The Balaban J connectivity index is 2.27. The van der Waals surface area contributed by atoms with Crippen molar-refractivity contribution in [3.05, 3.63) is 63.1 Å². The zero-order valence-corrected chi connectivity index (χ0v) is 23.8. The number of nitrogens with zero attached hydrogens (tertiary/aromatic N) is 2. The van der Waals surface area contributed by atoms with Crippen LogP contribution in [0.15, 0.2) is 36.4 Å². The van der Waals surface area contributed by atoms with E-state index in [1.54, 1.807) is 18.2 Å². The minimum atomic E-state index is -3.56. The molecular weight excluding hydrogens is 521 g/mol. The summed E-state index contributed by atoms with van der Waals surface area (Å²) >= 11 is 12.4. The maximum absolute atomic E-state index is 13.4. The highest BCUT2D eigenvalue weighted by molar-refractivity contribution is 7.92. The van der Waals surface area contributed by atoms with Gasteiger partial charge in [-0.3, -0.25) is 13.9 Å². The van der Waals surface area contributed by atoms with Crippen LogP contribution in [0.4, 0.5) is 5.69 Å². The molecule has 2 aromatic rings. The van der Waals surface area contributed by atoms with Gasteiger partial charge in [-0.15, -0.1) is 0 Å². The average molecular weight is 557 g/mol. The number of sulfonamides is 1. The van der Waals surface area contributed by atoms with E-state index < -0.39 is 16.1 Å². The molecule has 0 fully saturated rings. The van der Waals surface area contributed by atoms with Gasteiger partial charge in [0.05, 0.1) is 11.9 Å². The maximum atomic E-state index is 13.4. The minimum absolute atomic E-state index is 0.0675. The molecule has 0 saturated heterocycles. The van der Waals surface area contributed by atoms with Gasteiger partial charge in [0.2, 0.25) is 21.8 Å². The van der Waals surface area contributed by atoms with Crippen LogP contribution in [0.5, 0.6) is 0 Å². The van der Waals surface area contributed by atoms with E-state index in [4.69, 9.17) is 23.2 Å². The highest BCUT2D eigenvalue weighted by atomic mass is 35.5. The largest absolute Gasteiger partial charge is 0.355 e. The Bertz CT molecular complexity index is 1190. The summed E-state index contributed by atoms with van der Waals surface area (Å²) in [6.07, 6.45) is 1.93. The van der Waals surface area contributed by atoms with Crippen LogP contribution in [-0.2, 0) is 26.2 Å². The molecule has 0 aliphatic rings. The summed E-state index contributed by atoms with van der Waals surface area (Å²) < 4.78 is 26.5. The summed E-state index contributed by atoms with van der Waals surface area (Å²) in [5.74, 6) is -0.500. The molecule has 10 heteroatoms. The van der Waals surface area contributed by atoms with Crippen LogP contribution in [0.2, 0.25) is 10.0 Å². The molecule has 0 aliphatic carbocycles. The number of carbonyl (C=O) groups excluding carboxylic acids is 2. The van der Waals surface area contributed by atoms with Gasteiger partial charge < -0.3 is 10.2 Å². The number of likely N-dealkylation sites (N-methyl/N-ethyl adjacent to an activating group) is 1. The fourth-order valence-electron chi connectivity index (χ4n) is 4.02. The van der Waals surface area contributed by atoms with Crippen molar-refractivity contribution in [1.82, 2.24) is 10.2 Å². The third-order valence-electron chi connectivity index (χ3n) is 5.88. The molecule has 2 aromatic carbocycles. The molecule has 0 unspecified atom stereocenters. The second kappa shape index (κ2) is 13.3. The van der Waals surface area contributed by atoms with Crippen molar-refractivity contribution < 1.29 is 18.0 Å². The molecule has 2 amide bonds. The number of anilines is 1. The number of rotatable bonds is 12. The lowest BCUT2D eigenvalue weighted by Crippen LogP contribution is -2.49. The van der Waals surface area contributed by atoms with Gasteiger partial charge in [-0.25, -0.2) is 8.42 Å². The molecule has 1 N–H and O–H groups in total. The van der Waals surface area contributed by atoms with Crippen molar-refractivity contribution in [3.8, 4) is 0 Å². The topological polar surface area (TPSA) is 86.8 Å². The Morgan fingerprint density at radius 2 is 1.75 bits per heavy atom. The summed E-state index contributed by atoms with van der Waals surface area (Å²) in [5, 5.41) is 3.68. The third-order valence-corrected chi connectivity index (χ3v) is 7.65. The Hall–Kier alpha value is -2.29. The smallest absolute Gasteiger partial charge is 0.242 e. The molecule has 0 saturated carbocycles. The van der Waals surface area contributed by atoms with E-state index in [1.165, 1.54) is 9.21 Å². The molecule has 2 rings (SSSR count). The van der Waals surface area contributed by atoms with Crippen LogP contribution in [0.25, 0.3) is 0 Å². The number of halogens is 2. The van der Waals surface area contributed by atoms with E-state index in [0.29, 0.717) is 34.3 Å². The number of amides is 2. The van der Waals surface area contributed by atoms with E-state index in [-0.39, 0.29) is 37.7 Å². The number of nitrogens with one attached hydrogen (secondary N) is 1. The van der Waals surface area contributed by atoms with Crippen molar-refractivity contribution in [2.24, 2.45) is 0 Å². The van der Waals surface area contributed by atoms with E-state index in [1.807, 2.05) is 45.9 Å². The predicted molar refractivity (Wildman–Crippen MR) is 147 cm³/mol. The van der Waals surface area contributed by atoms with Crippen LogP contribution in [0.3, 0.4) is 0 Å². The van der Waals surface area contributed by atoms with Gasteiger partial charge in [0.15, 0.2) is 0 Å². The van der Waals surface area contributed by atoms with Crippen LogP contribution in [0, 0.1) is 13.8 Å². The van der Waals surface area contributed by atoms with Crippen molar-refractivity contribution in [2.45, 2.75) is 59.5 Å². The molecule has 0 aliphatic heterocycles. The average Bonchev–Trinajstić information content (AvgIpc) is 2.79. The highest BCUT2D eigenvalue weighted by Crippen LogP contribution is 2.26. The van der Waals surface area contributed by atoms with E-state index >= 15 is 0 Å². The molecular formula is C26H35Cl2N3O4S. The molecule has 0 bridgehead atoms. The summed E-state index contributed by atoms with van der Waals surface area (Å²) in [5.41, 5.74) is 3.05. The van der Waals surface area contributed by atoms with Gasteiger partial charge in [0.1, 0.15) is 6.04 Å². The zero-order chi connectivity index (χ0) is 27.0. The molecule has 198 valence electrons. The summed E-state index contributed by atoms with van der Waals surface area (Å²) in [4.78, 5) is 27.7. The molecule has 1 atom stereocenters. The van der Waals surface area contributed by atoms with Gasteiger partial charge in [-0.1, -0.05) is 48.3 Å².